The average molecular weight is 841 g/mol. The van der Waals surface area contributed by atoms with E-state index in [9.17, 15) is 19.2 Å². The Morgan fingerprint density at radius 1 is 0.806 bits per heavy atom. The first-order valence-corrected chi connectivity index (χ1v) is 22.0. The molecule has 324 valence electrons. The van der Waals surface area contributed by atoms with Crippen LogP contribution in [0.5, 0.6) is 0 Å². The number of alkyl carbamates (subject to hydrolysis) is 2. The van der Waals surface area contributed by atoms with Crippen LogP contribution in [-0.2, 0) is 19.1 Å². The number of fused-ring (bicyclic) bond motifs is 3. The van der Waals surface area contributed by atoms with Crippen LogP contribution in [0.25, 0.3) is 44.4 Å². The van der Waals surface area contributed by atoms with Gasteiger partial charge in [0.2, 0.25) is 11.8 Å². The summed E-state index contributed by atoms with van der Waals surface area (Å²) in [6.07, 6.45) is 9.10. The van der Waals surface area contributed by atoms with Gasteiger partial charge < -0.3 is 39.9 Å². The zero-order valence-corrected chi connectivity index (χ0v) is 36.1. The molecule has 2 saturated carbocycles. The number of H-pyrrole nitrogens is 2. The molecular weight excluding hydrogens is 785 g/mol. The van der Waals surface area contributed by atoms with Gasteiger partial charge in [0.1, 0.15) is 17.7 Å². The first-order valence-electron chi connectivity index (χ1n) is 22.0. The molecule has 62 heavy (non-hydrogen) atoms. The molecule has 1 spiro atoms. The maximum absolute atomic E-state index is 13.9. The van der Waals surface area contributed by atoms with Crippen molar-refractivity contribution in [2.75, 3.05) is 27.3 Å². The van der Waals surface area contributed by atoms with Gasteiger partial charge in [0.25, 0.3) is 0 Å². The van der Waals surface area contributed by atoms with E-state index in [4.69, 9.17) is 14.7 Å². The third-order valence-corrected chi connectivity index (χ3v) is 13.8. The van der Waals surface area contributed by atoms with Gasteiger partial charge in [-0.05, 0) is 101 Å². The number of hydrogen-bond donors (Lipinski definition) is 4. The largest absolute Gasteiger partial charge is 0.453 e. The molecule has 5 aromatic rings. The number of carbonyl (C=O) groups is 4. The van der Waals surface area contributed by atoms with Crippen molar-refractivity contribution in [3.8, 4) is 33.6 Å². The van der Waals surface area contributed by atoms with Crippen molar-refractivity contribution in [3.63, 3.8) is 0 Å². The summed E-state index contributed by atoms with van der Waals surface area (Å²) in [6, 6.07) is 20.6. The van der Waals surface area contributed by atoms with Crippen molar-refractivity contribution in [2.24, 2.45) is 23.2 Å². The van der Waals surface area contributed by atoms with E-state index < -0.39 is 18.2 Å². The van der Waals surface area contributed by atoms with Gasteiger partial charge in [0, 0.05) is 31.1 Å². The monoisotopic (exact) mass is 840 g/mol. The Morgan fingerprint density at radius 3 is 2.13 bits per heavy atom. The maximum Gasteiger partial charge on any atom is 0.407 e. The van der Waals surface area contributed by atoms with E-state index in [1.807, 2.05) is 38.1 Å². The van der Waals surface area contributed by atoms with Gasteiger partial charge >= 0.3 is 12.2 Å². The molecule has 2 aliphatic heterocycles. The lowest BCUT2D eigenvalue weighted by atomic mass is 9.96. The SMILES string of the molecule is COC(=O)NCC(C)CC(=O)N1C2CCC(C2)C1c1ncc(-c2ccc3cc(-c4ccc(-c5cnc(C6CC7(CC7)CN6C(=O)C(NC(=O)OC)C(C)C)[nH]5)cc4)ccc3c2)[nH]1. The summed E-state index contributed by atoms with van der Waals surface area (Å²) in [4.78, 5) is 71.9. The molecule has 3 aromatic carbocycles. The second-order valence-corrected chi connectivity index (χ2v) is 18.4. The first-order chi connectivity index (χ1) is 29.9. The van der Waals surface area contributed by atoms with Crippen LogP contribution in [-0.4, -0.2) is 93.1 Å². The van der Waals surface area contributed by atoms with Crippen molar-refractivity contribution in [3.05, 3.63) is 84.7 Å². The topological polar surface area (TPSA) is 175 Å². The van der Waals surface area contributed by atoms with Gasteiger partial charge in [0.05, 0.1) is 50.1 Å². The number of carbonyl (C=O) groups excluding carboxylic acids is 4. The number of nitrogens with one attached hydrogen (secondary N) is 4. The number of rotatable bonds is 12. The Morgan fingerprint density at radius 2 is 1.44 bits per heavy atom. The van der Waals surface area contributed by atoms with E-state index in [1.54, 1.807) is 0 Å². The van der Waals surface area contributed by atoms with Crippen molar-refractivity contribution in [1.29, 1.82) is 0 Å². The van der Waals surface area contributed by atoms with Crippen LogP contribution in [0.4, 0.5) is 9.59 Å². The Labute approximate surface area is 361 Å². The van der Waals surface area contributed by atoms with E-state index in [-0.39, 0.29) is 47.2 Å². The molecule has 2 bridgehead atoms. The predicted molar refractivity (Wildman–Crippen MR) is 234 cm³/mol. The Hall–Kier alpha value is -6.18. The summed E-state index contributed by atoms with van der Waals surface area (Å²) >= 11 is 0. The predicted octanol–water partition coefficient (Wildman–Crippen LogP) is 8.16. The summed E-state index contributed by atoms with van der Waals surface area (Å²) in [5.74, 6) is 1.85. The Kier molecular flexibility index (Phi) is 11.0. The molecule has 14 nitrogen and oxygen atoms in total. The van der Waals surface area contributed by atoms with Gasteiger partial charge in [-0.2, -0.15) is 0 Å². The number of methoxy groups -OCH3 is 2. The number of benzene rings is 3. The molecule has 4 amide bonds. The molecule has 6 atom stereocenters. The lowest BCUT2D eigenvalue weighted by Crippen LogP contribution is -2.51. The summed E-state index contributed by atoms with van der Waals surface area (Å²) in [5.41, 5.74) is 6.17. The van der Waals surface area contributed by atoms with Crippen LogP contribution >= 0.6 is 0 Å². The number of aromatic amines is 2. The average Bonchev–Trinajstić information content (AvgIpc) is 3.92. The zero-order valence-electron chi connectivity index (χ0n) is 36.1. The highest BCUT2D eigenvalue weighted by atomic mass is 16.5. The van der Waals surface area contributed by atoms with Crippen molar-refractivity contribution in [1.82, 2.24) is 40.4 Å². The van der Waals surface area contributed by atoms with Gasteiger partial charge in [-0.15, -0.1) is 0 Å². The molecule has 4 aliphatic rings. The fourth-order valence-corrected chi connectivity index (χ4v) is 10.2. The molecule has 4 N–H and O–H groups in total. The smallest absolute Gasteiger partial charge is 0.407 e. The summed E-state index contributed by atoms with van der Waals surface area (Å²) in [6.45, 7) is 6.87. The standard InChI is InChI=1S/C48H56N8O6/c1-27(2)41(54-47(60)62-5)45(58)55-26-48(16-17-48)22-39(55)43-49-24-37(52-43)30-8-6-29(7-9-30)31-10-11-33-20-34(13-12-32(33)19-31)38-25-50-44(53-38)42-35-14-15-36(21-35)56(42)40(57)18-28(3)23-51-46(59)61-4/h6-13,19-20,24-25,27-28,35-36,39,41-42H,14-18,21-23,26H2,1-5H3,(H,49,52)(H,50,53)(H,51,59)(H,54,60). The fourth-order valence-electron chi connectivity index (χ4n) is 10.2. The molecule has 9 rings (SSSR count). The van der Waals surface area contributed by atoms with Gasteiger partial charge in [-0.1, -0.05) is 69.3 Å². The quantitative estimate of drug-likeness (QED) is 0.0974. The van der Waals surface area contributed by atoms with Gasteiger partial charge in [-0.3, -0.25) is 9.59 Å². The minimum Gasteiger partial charge on any atom is -0.453 e. The number of aromatic nitrogens is 4. The van der Waals surface area contributed by atoms with Gasteiger partial charge in [0.15, 0.2) is 0 Å². The second-order valence-electron chi connectivity index (χ2n) is 18.4. The van der Waals surface area contributed by atoms with Crippen LogP contribution in [0.15, 0.2) is 73.1 Å². The van der Waals surface area contributed by atoms with Crippen LogP contribution in [0, 0.1) is 23.2 Å². The van der Waals surface area contributed by atoms with E-state index in [0.717, 1.165) is 94.6 Å². The first kappa shape index (κ1) is 41.2. The lowest BCUT2D eigenvalue weighted by molar-refractivity contribution is -0.137. The maximum atomic E-state index is 13.9. The molecule has 2 aliphatic carbocycles. The number of ether oxygens (including phenoxy) is 2. The van der Waals surface area contributed by atoms with Crippen LogP contribution in [0.3, 0.4) is 0 Å². The third kappa shape index (κ3) is 8.02. The molecule has 14 heteroatoms. The van der Waals surface area contributed by atoms with E-state index in [1.165, 1.54) is 14.2 Å². The summed E-state index contributed by atoms with van der Waals surface area (Å²) < 4.78 is 9.51. The fraction of sp³-hybridized carbons (Fsp3) is 0.458. The molecule has 4 heterocycles. The normalized spacial score (nSPS) is 22.0. The number of likely N-dealkylation sites (tertiary alicyclic amines) is 2. The number of amides is 4. The molecule has 6 unspecified atom stereocenters. The van der Waals surface area contributed by atoms with Crippen LogP contribution in [0.1, 0.15) is 89.4 Å². The van der Waals surface area contributed by atoms with Crippen LogP contribution in [0.2, 0.25) is 0 Å². The highest BCUT2D eigenvalue weighted by Crippen LogP contribution is 2.58. The molecule has 0 radical (unpaired) electrons. The van der Waals surface area contributed by atoms with E-state index in [2.05, 4.69) is 90.9 Å². The molecular formula is C48H56N8O6. The molecule has 2 saturated heterocycles. The van der Waals surface area contributed by atoms with Crippen LogP contribution < -0.4 is 10.6 Å². The van der Waals surface area contributed by atoms with Crippen molar-refractivity contribution < 1.29 is 28.7 Å². The highest BCUT2D eigenvalue weighted by Gasteiger charge is 2.55. The minimum absolute atomic E-state index is 0.0185. The highest BCUT2D eigenvalue weighted by molar-refractivity contribution is 5.91. The second kappa shape index (κ2) is 16.6. The molecule has 2 aromatic heterocycles. The number of hydrogen-bond acceptors (Lipinski definition) is 8. The Balaban J connectivity index is 0.872. The number of imidazole rings is 2. The van der Waals surface area contributed by atoms with Crippen molar-refractivity contribution in [2.45, 2.75) is 89.9 Å². The van der Waals surface area contributed by atoms with Gasteiger partial charge in [-0.25, -0.2) is 19.6 Å². The molecule has 4 fully saturated rings. The summed E-state index contributed by atoms with van der Waals surface area (Å²) in [7, 11) is 2.64. The Bertz CT molecular complexity index is 2490. The third-order valence-electron chi connectivity index (χ3n) is 13.8. The lowest BCUT2D eigenvalue weighted by Gasteiger charge is -2.35. The zero-order chi connectivity index (χ0) is 43.3. The minimum atomic E-state index is -0.684. The van der Waals surface area contributed by atoms with E-state index >= 15 is 0 Å². The number of nitrogens with zero attached hydrogens (tertiary/aromatic N) is 4. The van der Waals surface area contributed by atoms with Crippen molar-refractivity contribution >= 4 is 34.8 Å². The number of piperidine rings is 1. The summed E-state index contributed by atoms with van der Waals surface area (Å²) in [5, 5.41) is 7.70. The van der Waals surface area contributed by atoms with E-state index in [0.29, 0.717) is 25.4 Å².